The molecule has 70 valence electrons. The van der Waals surface area contributed by atoms with E-state index in [0.717, 1.165) is 31.3 Å². The summed E-state index contributed by atoms with van der Waals surface area (Å²) >= 11 is 3.53. The van der Waals surface area contributed by atoms with E-state index < -0.39 is 0 Å². The van der Waals surface area contributed by atoms with E-state index in [1.807, 2.05) is 6.08 Å². The monoisotopic (exact) mass is 188 g/mol. The number of rotatable bonds is 2. The summed E-state index contributed by atoms with van der Waals surface area (Å²) < 4.78 is 5.24. The van der Waals surface area contributed by atoms with E-state index in [2.05, 4.69) is 19.6 Å². The highest BCUT2D eigenvalue weighted by molar-refractivity contribution is 7.79. The number of hydrogen-bond acceptors (Lipinski definition) is 3. The topological polar surface area (TPSA) is 26.3 Å². The second-order valence-corrected chi connectivity index (χ2v) is 2.41. The number of carbonyl (C=O) groups excluding carboxylic acids is 1. The largest absolute Gasteiger partial charge is 0.488 e. The summed E-state index contributed by atoms with van der Waals surface area (Å²) in [6.07, 6.45) is 7.20. The fourth-order valence-electron chi connectivity index (χ4n) is 1.07. The van der Waals surface area contributed by atoms with E-state index in [0.29, 0.717) is 0 Å². The fourth-order valence-corrected chi connectivity index (χ4v) is 1.07. The highest BCUT2D eigenvalue weighted by atomic mass is 32.1. The first-order chi connectivity index (χ1) is 5.86. The van der Waals surface area contributed by atoms with Crippen molar-refractivity contribution >= 4 is 18.9 Å². The van der Waals surface area contributed by atoms with E-state index in [-0.39, 0.29) is 6.10 Å². The van der Waals surface area contributed by atoms with Gasteiger partial charge in [-0.1, -0.05) is 6.92 Å². The van der Waals surface area contributed by atoms with Crippen LogP contribution in [-0.2, 0) is 9.53 Å². The normalized spacial score (nSPS) is 24.2. The Balaban J connectivity index is 0.000000561. The molecule has 0 radical (unpaired) electrons. The SMILES string of the molecule is CC/C=C1\CCC(C=O)O1.CS. The van der Waals surface area contributed by atoms with Gasteiger partial charge >= 0.3 is 0 Å². The van der Waals surface area contributed by atoms with Crippen LogP contribution in [0.5, 0.6) is 0 Å². The molecule has 0 N–H and O–H groups in total. The summed E-state index contributed by atoms with van der Waals surface area (Å²) in [5.74, 6) is 0.986. The highest BCUT2D eigenvalue weighted by Crippen LogP contribution is 2.21. The molecule has 2 nitrogen and oxygen atoms in total. The molecule has 0 aliphatic carbocycles. The van der Waals surface area contributed by atoms with Crippen molar-refractivity contribution in [1.82, 2.24) is 0 Å². The van der Waals surface area contributed by atoms with Crippen LogP contribution in [0.2, 0.25) is 0 Å². The number of aldehydes is 1. The zero-order chi connectivity index (χ0) is 9.40. The van der Waals surface area contributed by atoms with Gasteiger partial charge in [0.05, 0.1) is 5.76 Å². The Bertz CT molecular complexity index is 155. The van der Waals surface area contributed by atoms with Gasteiger partial charge in [-0.15, -0.1) is 0 Å². The Kier molecular flexibility index (Phi) is 6.96. The van der Waals surface area contributed by atoms with Crippen molar-refractivity contribution in [2.45, 2.75) is 32.3 Å². The van der Waals surface area contributed by atoms with Crippen molar-refractivity contribution in [3.8, 4) is 0 Å². The highest BCUT2D eigenvalue weighted by Gasteiger charge is 2.18. The molecule has 3 heteroatoms. The van der Waals surface area contributed by atoms with Crippen LogP contribution in [0.15, 0.2) is 11.8 Å². The first-order valence-corrected chi connectivity index (χ1v) is 5.02. The molecule has 0 saturated carbocycles. The second-order valence-electron chi connectivity index (χ2n) is 2.41. The van der Waals surface area contributed by atoms with Gasteiger partial charge in [0.2, 0.25) is 0 Å². The van der Waals surface area contributed by atoms with E-state index in [4.69, 9.17) is 4.74 Å². The van der Waals surface area contributed by atoms with Crippen molar-refractivity contribution in [1.29, 1.82) is 0 Å². The van der Waals surface area contributed by atoms with Crippen LogP contribution in [0.4, 0.5) is 0 Å². The first kappa shape index (κ1) is 11.6. The number of ether oxygens (including phenoxy) is 1. The lowest BCUT2D eigenvalue weighted by Crippen LogP contribution is -2.04. The zero-order valence-electron chi connectivity index (χ0n) is 7.62. The minimum absolute atomic E-state index is 0.169. The fraction of sp³-hybridized carbons (Fsp3) is 0.667. The minimum atomic E-state index is -0.169. The number of thiol groups is 1. The molecule has 1 rings (SSSR count). The van der Waals surface area contributed by atoms with Crippen LogP contribution in [0.25, 0.3) is 0 Å². The predicted molar refractivity (Wildman–Crippen MR) is 53.5 cm³/mol. The van der Waals surface area contributed by atoms with Gasteiger partial charge in [-0.3, -0.25) is 4.79 Å². The Hall–Kier alpha value is -0.440. The molecule has 0 aromatic rings. The quantitative estimate of drug-likeness (QED) is 0.531. The summed E-state index contributed by atoms with van der Waals surface area (Å²) in [5, 5.41) is 0. The van der Waals surface area contributed by atoms with Gasteiger partial charge in [-0.2, -0.15) is 12.6 Å². The third-order valence-corrected chi connectivity index (χ3v) is 1.56. The van der Waals surface area contributed by atoms with Crippen LogP contribution in [0.1, 0.15) is 26.2 Å². The maximum atomic E-state index is 10.2. The third kappa shape index (κ3) is 3.81. The summed E-state index contributed by atoms with van der Waals surface area (Å²) in [5.41, 5.74) is 0. The molecular formula is C9H16O2S. The molecular weight excluding hydrogens is 172 g/mol. The Morgan fingerprint density at radius 3 is 2.75 bits per heavy atom. The first-order valence-electron chi connectivity index (χ1n) is 4.12. The van der Waals surface area contributed by atoms with Gasteiger partial charge in [-0.05, 0) is 25.2 Å². The second kappa shape index (κ2) is 7.22. The lowest BCUT2D eigenvalue weighted by molar-refractivity contribution is -0.114. The standard InChI is InChI=1S/C8H12O2.CH4S/c1-2-3-7-4-5-8(6-9)10-7;1-2/h3,6,8H,2,4-5H2,1H3;2H,1H3/b7-3+;. The Morgan fingerprint density at radius 2 is 2.33 bits per heavy atom. The molecule has 0 bridgehead atoms. The summed E-state index contributed by atoms with van der Waals surface area (Å²) in [6, 6.07) is 0. The lowest BCUT2D eigenvalue weighted by atomic mass is 10.2. The van der Waals surface area contributed by atoms with Crippen LogP contribution in [-0.4, -0.2) is 18.6 Å². The van der Waals surface area contributed by atoms with Gasteiger partial charge in [0.25, 0.3) is 0 Å². The molecule has 1 heterocycles. The van der Waals surface area contributed by atoms with Crippen molar-refractivity contribution in [2.75, 3.05) is 6.26 Å². The van der Waals surface area contributed by atoms with E-state index in [9.17, 15) is 4.79 Å². The molecule has 1 unspecified atom stereocenters. The molecule has 0 spiro atoms. The number of carbonyl (C=O) groups is 1. The van der Waals surface area contributed by atoms with Crippen molar-refractivity contribution in [3.63, 3.8) is 0 Å². The van der Waals surface area contributed by atoms with Crippen LogP contribution >= 0.6 is 12.6 Å². The van der Waals surface area contributed by atoms with Gasteiger partial charge < -0.3 is 4.74 Å². The van der Waals surface area contributed by atoms with Gasteiger partial charge in [0.1, 0.15) is 0 Å². The van der Waals surface area contributed by atoms with Gasteiger partial charge in [-0.25, -0.2) is 0 Å². The summed E-state index contributed by atoms with van der Waals surface area (Å²) in [6.45, 7) is 2.06. The van der Waals surface area contributed by atoms with Crippen molar-refractivity contribution in [2.24, 2.45) is 0 Å². The van der Waals surface area contributed by atoms with Crippen molar-refractivity contribution < 1.29 is 9.53 Å². The average Bonchev–Trinajstić information content (AvgIpc) is 2.57. The molecule has 1 aliphatic heterocycles. The Labute approximate surface area is 79.4 Å². The smallest absolute Gasteiger partial charge is 0.160 e. The van der Waals surface area contributed by atoms with Crippen LogP contribution in [0.3, 0.4) is 0 Å². The van der Waals surface area contributed by atoms with Crippen LogP contribution < -0.4 is 0 Å². The lowest BCUT2D eigenvalue weighted by Gasteiger charge is -2.00. The van der Waals surface area contributed by atoms with Crippen LogP contribution in [0, 0.1) is 0 Å². The minimum Gasteiger partial charge on any atom is -0.488 e. The molecule has 1 saturated heterocycles. The Morgan fingerprint density at radius 1 is 1.67 bits per heavy atom. The molecule has 12 heavy (non-hydrogen) atoms. The van der Waals surface area contributed by atoms with Gasteiger partial charge in [0, 0.05) is 6.42 Å². The van der Waals surface area contributed by atoms with E-state index in [1.165, 1.54) is 0 Å². The molecule has 0 aromatic heterocycles. The third-order valence-electron chi connectivity index (χ3n) is 1.56. The zero-order valence-corrected chi connectivity index (χ0v) is 8.51. The molecule has 0 aromatic carbocycles. The molecule has 1 fully saturated rings. The molecule has 0 amide bonds. The summed E-state index contributed by atoms with van der Waals surface area (Å²) in [4.78, 5) is 10.2. The molecule has 1 atom stereocenters. The maximum absolute atomic E-state index is 10.2. The molecule has 1 aliphatic rings. The maximum Gasteiger partial charge on any atom is 0.160 e. The van der Waals surface area contributed by atoms with E-state index >= 15 is 0 Å². The predicted octanol–water partition coefficient (Wildman–Crippen LogP) is 2.20. The van der Waals surface area contributed by atoms with E-state index in [1.54, 1.807) is 6.26 Å². The summed E-state index contributed by atoms with van der Waals surface area (Å²) in [7, 11) is 0. The number of hydrogen-bond donors (Lipinski definition) is 1. The average molecular weight is 188 g/mol. The number of allylic oxidation sites excluding steroid dienone is 2. The van der Waals surface area contributed by atoms with Crippen molar-refractivity contribution in [3.05, 3.63) is 11.8 Å². The van der Waals surface area contributed by atoms with Gasteiger partial charge in [0.15, 0.2) is 12.4 Å².